The van der Waals surface area contributed by atoms with Gasteiger partial charge in [0.1, 0.15) is 0 Å². The first kappa shape index (κ1) is 50.2. The summed E-state index contributed by atoms with van der Waals surface area (Å²) in [6, 6.07) is 32.4. The lowest BCUT2D eigenvalue weighted by Crippen LogP contribution is -2.32. The van der Waals surface area contributed by atoms with Crippen LogP contribution in [0.25, 0.3) is 22.3 Å². The van der Waals surface area contributed by atoms with Gasteiger partial charge in [-0.25, -0.2) is 0 Å². The highest BCUT2D eigenvalue weighted by Crippen LogP contribution is 2.30. The van der Waals surface area contributed by atoms with E-state index in [-0.39, 0.29) is 36.3 Å². The summed E-state index contributed by atoms with van der Waals surface area (Å²) >= 11 is 0. The quantitative estimate of drug-likeness (QED) is 0.0402. The highest BCUT2D eigenvalue weighted by atomic mass is 16.5. The SMILES string of the molecule is COC(=O)CCCCCCN1C(=O)CC[C@@H]1/C=C/C(O)c1cccc(-c2ccccc2C)c1.Cc1ccccc1-c1cccc(C(O)/C=C/[C@H]2CCC(=O)N2CCCCCCC(=O)O)c1. The summed E-state index contributed by atoms with van der Waals surface area (Å²) in [7, 11) is 1.41. The van der Waals surface area contributed by atoms with Crippen LogP contribution in [0.1, 0.15) is 124 Å². The van der Waals surface area contributed by atoms with Crippen LogP contribution in [-0.4, -0.2) is 81.2 Å². The molecule has 2 heterocycles. The molecule has 65 heavy (non-hydrogen) atoms. The molecule has 2 amide bonds. The molecule has 4 aromatic rings. The maximum absolute atomic E-state index is 12.3. The highest BCUT2D eigenvalue weighted by molar-refractivity contribution is 5.79. The van der Waals surface area contributed by atoms with Gasteiger partial charge in [-0.15, -0.1) is 0 Å². The van der Waals surface area contributed by atoms with Gasteiger partial charge in [-0.1, -0.05) is 135 Å². The van der Waals surface area contributed by atoms with E-state index in [1.54, 1.807) is 6.08 Å². The van der Waals surface area contributed by atoms with Gasteiger partial charge in [-0.2, -0.15) is 0 Å². The number of amides is 2. The van der Waals surface area contributed by atoms with Crippen molar-refractivity contribution in [3.63, 3.8) is 0 Å². The molecule has 2 saturated heterocycles. The van der Waals surface area contributed by atoms with Crippen molar-refractivity contribution in [3.05, 3.63) is 144 Å². The third kappa shape index (κ3) is 15.7. The number of hydrogen-bond donors (Lipinski definition) is 3. The molecule has 0 spiro atoms. The van der Waals surface area contributed by atoms with Crippen LogP contribution in [-0.2, 0) is 23.9 Å². The number of aryl methyl sites for hydroxylation is 2. The number of esters is 1. The van der Waals surface area contributed by atoms with Gasteiger partial charge in [0.05, 0.1) is 31.4 Å². The van der Waals surface area contributed by atoms with Crippen LogP contribution in [0.5, 0.6) is 0 Å². The second kappa shape index (κ2) is 26.2. The lowest BCUT2D eigenvalue weighted by Gasteiger charge is -2.22. The Labute approximate surface area is 385 Å². The smallest absolute Gasteiger partial charge is 0.305 e. The van der Waals surface area contributed by atoms with E-state index in [4.69, 9.17) is 5.11 Å². The van der Waals surface area contributed by atoms with Gasteiger partial charge >= 0.3 is 11.9 Å². The van der Waals surface area contributed by atoms with Crippen molar-refractivity contribution in [2.24, 2.45) is 0 Å². The Hall–Kier alpha value is -5.84. The Morgan fingerprint density at radius 1 is 0.615 bits per heavy atom. The lowest BCUT2D eigenvalue weighted by atomic mass is 9.97. The number of rotatable bonds is 22. The monoisotopic (exact) mass is 884 g/mol. The number of aliphatic carboxylic acids is 1. The Morgan fingerprint density at radius 3 is 1.48 bits per heavy atom. The van der Waals surface area contributed by atoms with Crippen molar-refractivity contribution in [1.82, 2.24) is 9.80 Å². The Morgan fingerprint density at radius 2 is 1.05 bits per heavy atom. The molecular formula is C55H68N2O8. The molecule has 2 unspecified atom stereocenters. The number of carboxylic acids is 1. The number of hydrogen-bond acceptors (Lipinski definition) is 7. The minimum absolute atomic E-state index is 0.00993. The number of nitrogens with zero attached hydrogens (tertiary/aromatic N) is 2. The molecule has 3 N–H and O–H groups in total. The number of methoxy groups -OCH3 is 1. The molecule has 10 heteroatoms. The molecule has 346 valence electrons. The van der Waals surface area contributed by atoms with Crippen LogP contribution >= 0.6 is 0 Å². The zero-order valence-corrected chi connectivity index (χ0v) is 38.4. The molecule has 2 aliphatic heterocycles. The maximum atomic E-state index is 12.3. The van der Waals surface area contributed by atoms with E-state index < -0.39 is 18.2 Å². The predicted octanol–water partition coefficient (Wildman–Crippen LogP) is 10.6. The molecule has 0 aromatic heterocycles. The van der Waals surface area contributed by atoms with Crippen molar-refractivity contribution in [2.45, 2.75) is 128 Å². The topological polar surface area (TPSA) is 145 Å². The molecule has 4 aromatic carbocycles. The summed E-state index contributed by atoms with van der Waals surface area (Å²) in [4.78, 5) is 50.2. The van der Waals surface area contributed by atoms with Gasteiger partial charge in [0.25, 0.3) is 0 Å². The lowest BCUT2D eigenvalue weighted by molar-refractivity contribution is -0.141. The van der Waals surface area contributed by atoms with Crippen molar-refractivity contribution in [3.8, 4) is 22.3 Å². The van der Waals surface area contributed by atoms with Crippen LogP contribution in [0.3, 0.4) is 0 Å². The number of carboxylic acid groups (broad SMARTS) is 1. The summed E-state index contributed by atoms with van der Waals surface area (Å²) in [6.07, 6.45) is 16.4. The van der Waals surface area contributed by atoms with E-state index in [0.29, 0.717) is 38.8 Å². The zero-order chi connectivity index (χ0) is 46.6. The van der Waals surface area contributed by atoms with Crippen molar-refractivity contribution < 1.29 is 39.2 Å². The van der Waals surface area contributed by atoms with Crippen molar-refractivity contribution >= 4 is 23.8 Å². The third-order valence-corrected chi connectivity index (χ3v) is 12.4. The zero-order valence-electron chi connectivity index (χ0n) is 38.4. The van der Waals surface area contributed by atoms with Crippen LogP contribution in [0.4, 0.5) is 0 Å². The minimum Gasteiger partial charge on any atom is -0.481 e. The molecule has 2 fully saturated rings. The van der Waals surface area contributed by atoms with Crippen LogP contribution in [0.15, 0.2) is 121 Å². The average Bonchev–Trinajstić information content (AvgIpc) is 3.86. The number of benzene rings is 4. The van der Waals surface area contributed by atoms with Crippen LogP contribution < -0.4 is 0 Å². The first-order valence-corrected chi connectivity index (χ1v) is 23.4. The molecule has 0 aliphatic carbocycles. The van der Waals surface area contributed by atoms with Crippen molar-refractivity contribution in [1.29, 1.82) is 0 Å². The van der Waals surface area contributed by atoms with Gasteiger partial charge in [-0.05, 0) is 109 Å². The van der Waals surface area contributed by atoms with E-state index in [1.165, 1.54) is 18.2 Å². The van der Waals surface area contributed by atoms with Gasteiger partial charge in [0.2, 0.25) is 11.8 Å². The van der Waals surface area contributed by atoms with Gasteiger partial charge in [0.15, 0.2) is 0 Å². The fourth-order valence-electron chi connectivity index (χ4n) is 8.67. The predicted molar refractivity (Wildman–Crippen MR) is 257 cm³/mol. The summed E-state index contributed by atoms with van der Waals surface area (Å²) in [5.41, 5.74) is 8.54. The van der Waals surface area contributed by atoms with E-state index in [2.05, 4.69) is 55.0 Å². The number of aliphatic hydroxyl groups excluding tert-OH is 2. The van der Waals surface area contributed by atoms with Crippen LogP contribution in [0.2, 0.25) is 0 Å². The third-order valence-electron chi connectivity index (χ3n) is 12.4. The minimum atomic E-state index is -0.757. The van der Waals surface area contributed by atoms with E-state index >= 15 is 0 Å². The fraction of sp³-hybridized carbons (Fsp3) is 0.418. The summed E-state index contributed by atoms with van der Waals surface area (Å²) in [5.74, 6) is -0.595. The summed E-state index contributed by atoms with van der Waals surface area (Å²) in [6.45, 7) is 5.56. The molecule has 0 bridgehead atoms. The number of aliphatic hydroxyl groups is 2. The fourth-order valence-corrected chi connectivity index (χ4v) is 8.67. The standard InChI is InChI=1S/C28H35NO4.C27H33NO4/c1-21-10-6-7-13-25(21)22-11-9-12-23(20-22)26(30)17-15-24-16-18-27(31)29(24)19-8-4-3-5-14-28(32)33-2;1-20-9-5-6-12-24(20)21-10-8-11-22(19-21)25(29)16-14-23-15-17-26(30)28(23)18-7-3-2-4-13-27(31)32/h6-7,9-13,15,17,20,24,26,30H,3-5,8,14,16,18-19H2,1-2H3;5-6,8-12,14,16,19,23,25,29H,2-4,7,13,15,17-18H2,1H3,(H,31,32)/b17-15+;16-14+/t24-,26?;23-,25?/m00/s1. The Bertz CT molecular complexity index is 2230. The number of unbranched alkanes of at least 4 members (excludes halogenated alkanes) is 6. The van der Waals surface area contributed by atoms with Crippen molar-refractivity contribution in [2.75, 3.05) is 20.2 Å². The van der Waals surface area contributed by atoms with Crippen LogP contribution in [0, 0.1) is 13.8 Å². The van der Waals surface area contributed by atoms with Gasteiger partial charge in [-0.3, -0.25) is 19.2 Å². The van der Waals surface area contributed by atoms with E-state index in [9.17, 15) is 29.4 Å². The number of carbonyl (C=O) groups excluding carboxylic acids is 3. The first-order valence-electron chi connectivity index (χ1n) is 23.4. The second-order valence-electron chi connectivity index (χ2n) is 17.2. The molecule has 4 atom stereocenters. The Balaban J connectivity index is 0.000000244. The van der Waals surface area contributed by atoms with Gasteiger partial charge < -0.3 is 29.9 Å². The Kier molecular flexibility index (Phi) is 20.2. The normalized spacial score (nSPS) is 17.1. The molecular weight excluding hydrogens is 817 g/mol. The van der Waals surface area contributed by atoms with Gasteiger partial charge in [0, 0.05) is 38.8 Å². The summed E-state index contributed by atoms with van der Waals surface area (Å²) in [5, 5.41) is 30.2. The first-order chi connectivity index (χ1) is 31.4. The van der Waals surface area contributed by atoms with E-state index in [1.807, 2.05) is 88.7 Å². The number of carbonyl (C=O) groups is 4. The average molecular weight is 885 g/mol. The molecule has 0 radical (unpaired) electrons. The molecule has 10 nitrogen and oxygen atoms in total. The number of ether oxygens (including phenoxy) is 1. The largest absolute Gasteiger partial charge is 0.481 e. The maximum Gasteiger partial charge on any atom is 0.305 e. The second-order valence-corrected chi connectivity index (χ2v) is 17.2. The summed E-state index contributed by atoms with van der Waals surface area (Å²) < 4.78 is 4.66. The molecule has 2 aliphatic rings. The molecule has 0 saturated carbocycles. The molecule has 6 rings (SSSR count). The van der Waals surface area contributed by atoms with E-state index in [0.717, 1.165) is 91.2 Å². The highest BCUT2D eigenvalue weighted by Gasteiger charge is 2.29. The number of likely N-dealkylation sites (tertiary alicyclic amines) is 2.